The van der Waals surface area contributed by atoms with Gasteiger partial charge in [0.05, 0.1) is 0 Å². The lowest BCUT2D eigenvalue weighted by Gasteiger charge is -2.06. The predicted octanol–water partition coefficient (Wildman–Crippen LogP) is 5.73. The van der Waals surface area contributed by atoms with Crippen molar-refractivity contribution in [3.8, 4) is 6.07 Å². The van der Waals surface area contributed by atoms with Crippen molar-refractivity contribution in [1.29, 1.82) is 5.26 Å². The molecule has 3 aromatic carbocycles. The van der Waals surface area contributed by atoms with Crippen LogP contribution < -0.4 is 5.32 Å². The number of amides is 1. The van der Waals surface area contributed by atoms with Crippen molar-refractivity contribution in [1.82, 2.24) is 0 Å². The number of nitrogens with one attached hydrogen (secondary N) is 1. The van der Waals surface area contributed by atoms with Crippen LogP contribution in [0, 0.1) is 11.3 Å². The average molecular weight is 354 g/mol. The first kappa shape index (κ1) is 18.4. The topological polar surface area (TPSA) is 52.9 Å². The van der Waals surface area contributed by atoms with Gasteiger partial charge in [0.25, 0.3) is 5.91 Å². The van der Waals surface area contributed by atoms with Gasteiger partial charge in [0.15, 0.2) is 0 Å². The summed E-state index contributed by atoms with van der Waals surface area (Å²) in [6.45, 7) is 2.17. The van der Waals surface area contributed by atoms with Crippen LogP contribution in [-0.4, -0.2) is 5.91 Å². The van der Waals surface area contributed by atoms with E-state index >= 15 is 0 Å². The molecule has 0 aromatic heterocycles. The summed E-state index contributed by atoms with van der Waals surface area (Å²) in [6.07, 6.45) is 4.97. The number of carbonyl (C=O) groups excluding carboxylic acids is 1. The molecular weight excluding hydrogens is 332 g/mol. The highest BCUT2D eigenvalue weighted by Crippen LogP contribution is 2.18. The van der Waals surface area contributed by atoms with E-state index in [1.165, 1.54) is 5.56 Å². The molecule has 0 aliphatic rings. The number of hydrogen-bond donors (Lipinski definition) is 1. The van der Waals surface area contributed by atoms with Crippen molar-refractivity contribution in [2.24, 2.45) is 0 Å². The minimum Gasteiger partial charge on any atom is -0.321 e. The van der Waals surface area contributed by atoms with Crippen LogP contribution in [0.15, 0.2) is 72.3 Å². The summed E-state index contributed by atoms with van der Waals surface area (Å²) in [5, 5.41) is 14.4. The quantitative estimate of drug-likeness (QED) is 0.454. The summed E-state index contributed by atoms with van der Waals surface area (Å²) in [4.78, 5) is 12.5. The molecule has 0 fully saturated rings. The lowest BCUT2D eigenvalue weighted by molar-refractivity contribution is -0.112. The highest BCUT2D eigenvalue weighted by molar-refractivity contribution is 6.09. The van der Waals surface area contributed by atoms with E-state index < -0.39 is 5.91 Å². The zero-order valence-electron chi connectivity index (χ0n) is 15.4. The minimum atomic E-state index is -0.396. The van der Waals surface area contributed by atoms with Gasteiger partial charge in [-0.25, -0.2) is 0 Å². The smallest absolute Gasteiger partial charge is 0.266 e. The summed E-state index contributed by atoms with van der Waals surface area (Å²) in [5.74, 6) is -0.396. The van der Waals surface area contributed by atoms with Crippen molar-refractivity contribution < 1.29 is 4.79 Å². The summed E-state index contributed by atoms with van der Waals surface area (Å²) >= 11 is 0. The van der Waals surface area contributed by atoms with Crippen LogP contribution in [-0.2, 0) is 11.2 Å². The number of aryl methyl sites for hydroxylation is 1. The molecule has 0 aliphatic carbocycles. The van der Waals surface area contributed by atoms with Gasteiger partial charge in [-0.1, -0.05) is 61.9 Å². The molecule has 1 N–H and O–H groups in total. The minimum absolute atomic E-state index is 0.0836. The Morgan fingerprint density at radius 2 is 1.78 bits per heavy atom. The molecule has 0 saturated carbocycles. The third kappa shape index (κ3) is 4.83. The molecule has 0 heterocycles. The fraction of sp³-hybridized carbons (Fsp3) is 0.167. The maximum atomic E-state index is 12.5. The first-order chi connectivity index (χ1) is 13.2. The first-order valence-corrected chi connectivity index (χ1v) is 9.20. The van der Waals surface area contributed by atoms with Gasteiger partial charge in [-0.05, 0) is 59.0 Å². The number of unbranched alkanes of at least 4 members (excludes halogenated alkanes) is 1. The lowest BCUT2D eigenvalue weighted by Crippen LogP contribution is -2.13. The molecular formula is C24H22N2O. The summed E-state index contributed by atoms with van der Waals surface area (Å²) in [7, 11) is 0. The molecule has 0 atom stereocenters. The number of nitriles is 1. The van der Waals surface area contributed by atoms with E-state index in [1.807, 2.05) is 72.8 Å². The predicted molar refractivity (Wildman–Crippen MR) is 111 cm³/mol. The number of fused-ring (bicyclic) bond motifs is 1. The highest BCUT2D eigenvalue weighted by atomic mass is 16.1. The van der Waals surface area contributed by atoms with Gasteiger partial charge in [0.1, 0.15) is 11.6 Å². The monoisotopic (exact) mass is 354 g/mol. The average Bonchev–Trinajstić information content (AvgIpc) is 2.71. The molecule has 3 heteroatoms. The molecule has 27 heavy (non-hydrogen) atoms. The maximum absolute atomic E-state index is 12.5. The largest absolute Gasteiger partial charge is 0.321 e. The molecule has 3 aromatic rings. The standard InChI is InChI=1S/C24H22N2O/c1-2-3-6-18-10-13-23(14-11-18)26-24(27)22(17-25)16-19-9-12-20-7-4-5-8-21(20)15-19/h4-5,7-16H,2-3,6H2,1H3,(H,26,27)/b22-16+. The summed E-state index contributed by atoms with van der Waals surface area (Å²) in [6, 6.07) is 23.7. The number of hydrogen-bond acceptors (Lipinski definition) is 2. The Bertz CT molecular complexity index is 1010. The third-order valence-corrected chi connectivity index (χ3v) is 4.48. The Kier molecular flexibility index (Phi) is 6.02. The third-order valence-electron chi connectivity index (χ3n) is 4.48. The lowest BCUT2D eigenvalue weighted by atomic mass is 10.0. The SMILES string of the molecule is CCCCc1ccc(NC(=O)/C(C#N)=C/c2ccc3ccccc3c2)cc1. The first-order valence-electron chi connectivity index (χ1n) is 9.20. The molecule has 0 spiro atoms. The van der Waals surface area contributed by atoms with Crippen LogP contribution in [0.25, 0.3) is 16.8 Å². The Labute approximate surface area is 160 Å². The van der Waals surface area contributed by atoms with Crippen molar-refractivity contribution >= 4 is 28.4 Å². The van der Waals surface area contributed by atoms with Gasteiger partial charge in [0, 0.05) is 5.69 Å². The van der Waals surface area contributed by atoms with E-state index in [9.17, 15) is 10.1 Å². The van der Waals surface area contributed by atoms with Crippen LogP contribution in [0.2, 0.25) is 0 Å². The van der Waals surface area contributed by atoms with E-state index in [0.717, 1.165) is 35.6 Å². The van der Waals surface area contributed by atoms with E-state index in [0.29, 0.717) is 5.69 Å². The maximum Gasteiger partial charge on any atom is 0.266 e. The molecule has 0 saturated heterocycles. The van der Waals surface area contributed by atoms with Crippen molar-refractivity contribution in [3.05, 3.63) is 83.4 Å². The van der Waals surface area contributed by atoms with Crippen molar-refractivity contribution in [2.75, 3.05) is 5.32 Å². The van der Waals surface area contributed by atoms with Gasteiger partial charge >= 0.3 is 0 Å². The second kappa shape index (κ2) is 8.82. The second-order valence-electron chi connectivity index (χ2n) is 6.53. The Morgan fingerprint density at radius 3 is 2.48 bits per heavy atom. The molecule has 0 aliphatic heterocycles. The van der Waals surface area contributed by atoms with Crippen LogP contribution in [0.3, 0.4) is 0 Å². The zero-order chi connectivity index (χ0) is 19.1. The normalized spacial score (nSPS) is 11.2. The Hall–Kier alpha value is -3.38. The van der Waals surface area contributed by atoms with Gasteiger partial charge in [-0.3, -0.25) is 4.79 Å². The second-order valence-corrected chi connectivity index (χ2v) is 6.53. The number of carbonyl (C=O) groups is 1. The van der Waals surface area contributed by atoms with E-state index in [1.54, 1.807) is 6.08 Å². The molecule has 3 nitrogen and oxygen atoms in total. The van der Waals surface area contributed by atoms with E-state index in [4.69, 9.17) is 0 Å². The zero-order valence-corrected chi connectivity index (χ0v) is 15.4. The van der Waals surface area contributed by atoms with E-state index in [-0.39, 0.29) is 5.57 Å². The van der Waals surface area contributed by atoms with Gasteiger partial charge in [-0.2, -0.15) is 5.26 Å². The summed E-state index contributed by atoms with van der Waals surface area (Å²) in [5.41, 5.74) is 2.86. The van der Waals surface area contributed by atoms with Gasteiger partial charge < -0.3 is 5.32 Å². The van der Waals surface area contributed by atoms with Crippen molar-refractivity contribution in [3.63, 3.8) is 0 Å². The van der Waals surface area contributed by atoms with Crippen LogP contribution in [0.5, 0.6) is 0 Å². The van der Waals surface area contributed by atoms with Crippen molar-refractivity contribution in [2.45, 2.75) is 26.2 Å². The molecule has 134 valence electrons. The Morgan fingerprint density at radius 1 is 1.04 bits per heavy atom. The van der Waals surface area contributed by atoms with Crippen LogP contribution >= 0.6 is 0 Å². The molecule has 0 radical (unpaired) electrons. The van der Waals surface area contributed by atoms with Gasteiger partial charge in [-0.15, -0.1) is 0 Å². The fourth-order valence-corrected chi connectivity index (χ4v) is 2.95. The highest BCUT2D eigenvalue weighted by Gasteiger charge is 2.10. The molecule has 1 amide bonds. The van der Waals surface area contributed by atoms with Crippen LogP contribution in [0.1, 0.15) is 30.9 Å². The molecule has 0 unspecified atom stereocenters. The molecule has 3 rings (SSSR count). The Balaban J connectivity index is 1.74. The number of anilines is 1. The summed E-state index contributed by atoms with van der Waals surface area (Å²) < 4.78 is 0. The number of rotatable bonds is 6. The van der Waals surface area contributed by atoms with Crippen LogP contribution in [0.4, 0.5) is 5.69 Å². The van der Waals surface area contributed by atoms with Gasteiger partial charge in [0.2, 0.25) is 0 Å². The number of benzene rings is 3. The molecule has 0 bridgehead atoms. The number of nitrogens with zero attached hydrogens (tertiary/aromatic N) is 1. The fourth-order valence-electron chi connectivity index (χ4n) is 2.95. The van der Waals surface area contributed by atoms with E-state index in [2.05, 4.69) is 12.2 Å².